The van der Waals surface area contributed by atoms with E-state index >= 15 is 0 Å². The van der Waals surface area contributed by atoms with E-state index in [4.69, 9.17) is 18.3 Å². The molecule has 3 N–H and O–H groups in total. The van der Waals surface area contributed by atoms with Crippen molar-refractivity contribution in [3.8, 4) is 11.5 Å². The van der Waals surface area contributed by atoms with Crippen molar-refractivity contribution < 1.29 is 42.6 Å². The maximum absolute atomic E-state index is 13.8. The summed E-state index contributed by atoms with van der Waals surface area (Å²) in [4.78, 5) is 50.8. The van der Waals surface area contributed by atoms with Gasteiger partial charge in [0, 0.05) is 28.7 Å². The Morgan fingerprint density at radius 3 is 2.05 bits per heavy atom. The molecule has 0 saturated carbocycles. The van der Waals surface area contributed by atoms with Crippen LogP contribution in [-0.4, -0.2) is 77.2 Å². The maximum atomic E-state index is 13.8. The van der Waals surface area contributed by atoms with E-state index < -0.39 is 59.3 Å². The monoisotopic (exact) mass is 656 g/mol. The molecule has 0 radical (unpaired) electrons. The maximum Gasteiger partial charge on any atom is 0.405 e. The van der Waals surface area contributed by atoms with Crippen LogP contribution >= 0.6 is 11.8 Å². The molecule has 43 heavy (non-hydrogen) atoms. The molecule has 0 fully saturated rings. The van der Waals surface area contributed by atoms with Crippen LogP contribution < -0.4 is 19.5 Å². The van der Waals surface area contributed by atoms with E-state index in [1.165, 1.54) is 18.9 Å². The summed E-state index contributed by atoms with van der Waals surface area (Å²) in [6.45, 7) is 22.4. The Labute approximate surface area is 261 Å². The van der Waals surface area contributed by atoms with Crippen molar-refractivity contribution in [3.63, 3.8) is 0 Å². The van der Waals surface area contributed by atoms with E-state index in [-0.39, 0.29) is 27.1 Å². The summed E-state index contributed by atoms with van der Waals surface area (Å²) in [5, 5.41) is 13.6. The molecule has 2 atom stereocenters. The first-order chi connectivity index (χ1) is 19.5. The lowest BCUT2D eigenvalue weighted by Crippen LogP contribution is -2.54. The van der Waals surface area contributed by atoms with Gasteiger partial charge in [-0.05, 0) is 43.2 Å². The van der Waals surface area contributed by atoms with Crippen LogP contribution in [0.15, 0.2) is 6.07 Å². The highest BCUT2D eigenvalue weighted by atomic mass is 32.2. The molecule has 1 aliphatic rings. The Bertz CT molecular complexity index is 1240. The predicted molar refractivity (Wildman–Crippen MR) is 172 cm³/mol. The molecule has 0 saturated heterocycles. The largest absolute Gasteiger partial charge is 0.543 e. The number of amides is 2. The van der Waals surface area contributed by atoms with Crippen molar-refractivity contribution in [1.82, 2.24) is 10.6 Å². The number of hydrogen-bond acceptors (Lipinski definition) is 9. The van der Waals surface area contributed by atoms with Crippen molar-refractivity contribution in [2.45, 2.75) is 103 Å². The Morgan fingerprint density at radius 1 is 1.02 bits per heavy atom. The van der Waals surface area contributed by atoms with Gasteiger partial charge in [-0.1, -0.05) is 41.5 Å². The standard InChI is InChI=1S/C29H48N2O9SSi2/c1-17-21(39-42(9,10)28(2,3)4)13-22(40-43(11,12)29(5,6)7)18-15-41-16-20(25(33)37-8)30-24(32)19(31-27(35)36)14-38-26(34)23(17)18/h13,19-20,31H,14-16H2,1-12H3,(H,30,32)(H,35,36)/t19-,20-/m0/s1. The van der Waals surface area contributed by atoms with Gasteiger partial charge in [-0.2, -0.15) is 11.8 Å². The van der Waals surface area contributed by atoms with Gasteiger partial charge in [-0.3, -0.25) is 4.79 Å². The summed E-state index contributed by atoms with van der Waals surface area (Å²) in [5.41, 5.74) is 1.38. The average molecular weight is 657 g/mol. The Hall–Kier alpha value is -2.72. The van der Waals surface area contributed by atoms with E-state index in [2.05, 4.69) is 78.4 Å². The first kappa shape index (κ1) is 36.5. The molecule has 2 rings (SSSR count). The third-order valence-corrected chi connectivity index (χ3v) is 18.2. The number of fused-ring (bicyclic) bond motifs is 1. The van der Waals surface area contributed by atoms with Gasteiger partial charge >= 0.3 is 18.0 Å². The molecule has 1 aromatic carbocycles. The smallest absolute Gasteiger partial charge is 0.405 e. The quantitative estimate of drug-likeness (QED) is 0.266. The fraction of sp³-hybridized carbons (Fsp3) is 0.655. The fourth-order valence-electron chi connectivity index (χ4n) is 3.68. The minimum absolute atomic E-state index is 0.105. The van der Waals surface area contributed by atoms with E-state index in [9.17, 15) is 24.3 Å². The second kappa shape index (κ2) is 13.5. The highest BCUT2D eigenvalue weighted by Crippen LogP contribution is 2.45. The number of ether oxygens (including phenoxy) is 2. The lowest BCUT2D eigenvalue weighted by molar-refractivity contribution is -0.144. The molecule has 1 heterocycles. The Morgan fingerprint density at radius 2 is 1.56 bits per heavy atom. The van der Waals surface area contributed by atoms with Gasteiger partial charge in [0.25, 0.3) is 0 Å². The van der Waals surface area contributed by atoms with Gasteiger partial charge in [0.05, 0.1) is 12.7 Å². The number of nitrogens with one attached hydrogen (secondary N) is 2. The van der Waals surface area contributed by atoms with Gasteiger partial charge in [0.2, 0.25) is 22.5 Å². The van der Waals surface area contributed by atoms with Gasteiger partial charge in [-0.15, -0.1) is 0 Å². The number of carbonyl (C=O) groups excluding carboxylic acids is 3. The molecule has 0 aromatic heterocycles. The average Bonchev–Trinajstić information content (AvgIpc) is 2.85. The fourth-order valence-corrected chi connectivity index (χ4v) is 6.85. The molecule has 0 bridgehead atoms. The number of carbonyl (C=O) groups is 4. The molecule has 14 heteroatoms. The molecule has 2 amide bonds. The summed E-state index contributed by atoms with van der Waals surface area (Å²) in [6, 6.07) is -0.661. The summed E-state index contributed by atoms with van der Waals surface area (Å²) >= 11 is 1.30. The topological polar surface area (TPSA) is 149 Å². The Balaban J connectivity index is 2.82. The van der Waals surface area contributed by atoms with E-state index in [1.54, 1.807) is 6.92 Å². The van der Waals surface area contributed by atoms with Gasteiger partial charge in [-0.25, -0.2) is 14.4 Å². The zero-order chi connectivity index (χ0) is 33.1. The lowest BCUT2D eigenvalue weighted by Gasteiger charge is -2.39. The second-order valence-corrected chi connectivity index (χ2v) is 24.3. The van der Waals surface area contributed by atoms with Crippen molar-refractivity contribution in [2.24, 2.45) is 0 Å². The minimum atomic E-state index is -2.42. The normalized spacial score (nSPS) is 19.1. The number of carboxylic acid groups (broad SMARTS) is 1. The highest BCUT2D eigenvalue weighted by molar-refractivity contribution is 7.98. The van der Waals surface area contributed by atoms with Crippen LogP contribution in [0.3, 0.4) is 0 Å². The predicted octanol–water partition coefficient (Wildman–Crippen LogP) is 5.46. The van der Waals surface area contributed by atoms with Crippen LogP contribution in [0.2, 0.25) is 36.3 Å². The van der Waals surface area contributed by atoms with Crippen molar-refractivity contribution in [2.75, 3.05) is 19.5 Å². The van der Waals surface area contributed by atoms with Crippen LogP contribution in [0.5, 0.6) is 11.5 Å². The minimum Gasteiger partial charge on any atom is -0.543 e. The second-order valence-electron chi connectivity index (χ2n) is 13.8. The van der Waals surface area contributed by atoms with Gasteiger partial charge in [0.1, 0.15) is 30.2 Å². The zero-order valence-electron chi connectivity index (χ0n) is 27.5. The van der Waals surface area contributed by atoms with Crippen molar-refractivity contribution in [3.05, 3.63) is 22.8 Å². The third kappa shape index (κ3) is 8.91. The number of esters is 2. The molecule has 11 nitrogen and oxygen atoms in total. The highest BCUT2D eigenvalue weighted by Gasteiger charge is 2.42. The lowest BCUT2D eigenvalue weighted by atomic mass is 10.0. The number of cyclic esters (lactones) is 1. The molecule has 1 aliphatic heterocycles. The summed E-state index contributed by atoms with van der Waals surface area (Å²) in [5.74, 6) is -0.857. The molecule has 1 aromatic rings. The number of methoxy groups -OCH3 is 1. The number of hydrogen-bond donors (Lipinski definition) is 3. The first-order valence-corrected chi connectivity index (χ1v) is 21.2. The number of rotatable bonds is 6. The van der Waals surface area contributed by atoms with Crippen LogP contribution in [0.25, 0.3) is 0 Å². The molecule has 0 spiro atoms. The van der Waals surface area contributed by atoms with Crippen LogP contribution in [0.1, 0.15) is 63.0 Å². The van der Waals surface area contributed by atoms with Crippen LogP contribution in [-0.2, 0) is 24.8 Å². The van der Waals surface area contributed by atoms with E-state index in [0.717, 1.165) is 0 Å². The molecule has 242 valence electrons. The SMILES string of the molecule is COC(=O)[C@@H]1CSCc2c(O[Si](C)(C)C(C)(C)C)cc(O[Si](C)(C)C(C)(C)C)c(C)c2C(=O)OC[C@H](NC(=O)O)C(=O)N1. The van der Waals surface area contributed by atoms with Crippen molar-refractivity contribution in [1.29, 1.82) is 0 Å². The Kier molecular flexibility index (Phi) is 11.5. The number of benzene rings is 1. The zero-order valence-corrected chi connectivity index (χ0v) is 30.3. The van der Waals surface area contributed by atoms with Crippen LogP contribution in [0.4, 0.5) is 4.79 Å². The molecule has 0 unspecified atom stereocenters. The molecular weight excluding hydrogens is 609 g/mol. The van der Waals surface area contributed by atoms with Crippen LogP contribution in [0, 0.1) is 6.92 Å². The molecular formula is C29H48N2O9SSi2. The third-order valence-electron chi connectivity index (χ3n) is 8.48. The summed E-state index contributed by atoms with van der Waals surface area (Å²) in [6.07, 6.45) is -1.49. The van der Waals surface area contributed by atoms with Crippen molar-refractivity contribution >= 4 is 52.3 Å². The van der Waals surface area contributed by atoms with E-state index in [0.29, 0.717) is 22.6 Å². The number of thioether (sulfide) groups is 1. The summed E-state index contributed by atoms with van der Waals surface area (Å²) in [7, 11) is -3.58. The molecule has 0 aliphatic carbocycles. The van der Waals surface area contributed by atoms with Gasteiger partial charge in [0.15, 0.2) is 0 Å². The first-order valence-electron chi connectivity index (χ1n) is 14.2. The van der Waals surface area contributed by atoms with Gasteiger partial charge < -0.3 is 34.1 Å². The summed E-state index contributed by atoms with van der Waals surface area (Å²) < 4.78 is 24.0. The van der Waals surface area contributed by atoms with E-state index in [1.807, 2.05) is 6.07 Å².